The average Bonchev–Trinajstić information content (AvgIpc) is 2.97. The maximum atomic E-state index is 11.7. The van der Waals surface area contributed by atoms with Crippen LogP contribution in [0.1, 0.15) is 27.3 Å². The Morgan fingerprint density at radius 3 is 2.41 bits per heavy atom. The first-order valence-electron chi connectivity index (χ1n) is 9.00. The molecule has 4 rings (SSSR count). The van der Waals surface area contributed by atoms with Crippen molar-refractivity contribution in [3.63, 3.8) is 0 Å². The summed E-state index contributed by atoms with van der Waals surface area (Å²) in [5.74, 6) is -0.306. The standard InChI is InChI=1S/C20H22N4O3/c1-12-5-4-6-13(2)17(12)18-14(3)22-24-16(23-7-9-27-10-8-23)11-15(20(25)26)21-19(18)24/h4-6,11H,7-10H2,1-3H3,(H,25,26). The molecule has 27 heavy (non-hydrogen) atoms. The van der Waals surface area contributed by atoms with Gasteiger partial charge in [-0.15, -0.1) is 0 Å². The molecule has 0 amide bonds. The molecule has 1 N–H and O–H groups in total. The lowest BCUT2D eigenvalue weighted by molar-refractivity contribution is 0.0690. The van der Waals surface area contributed by atoms with Crippen LogP contribution in [-0.4, -0.2) is 52.0 Å². The van der Waals surface area contributed by atoms with Crippen molar-refractivity contribution in [2.45, 2.75) is 20.8 Å². The summed E-state index contributed by atoms with van der Waals surface area (Å²) in [7, 11) is 0. The van der Waals surface area contributed by atoms with Crippen molar-refractivity contribution in [2.75, 3.05) is 31.2 Å². The largest absolute Gasteiger partial charge is 0.477 e. The third-order valence-electron chi connectivity index (χ3n) is 5.03. The number of aryl methyl sites for hydroxylation is 3. The molecule has 1 aromatic carbocycles. The fraction of sp³-hybridized carbons (Fsp3) is 0.350. The van der Waals surface area contributed by atoms with Crippen molar-refractivity contribution < 1.29 is 14.6 Å². The van der Waals surface area contributed by atoms with Crippen LogP contribution in [0, 0.1) is 20.8 Å². The number of ether oxygens (including phenoxy) is 1. The lowest BCUT2D eigenvalue weighted by atomic mass is 9.96. The van der Waals surface area contributed by atoms with E-state index in [2.05, 4.69) is 35.9 Å². The predicted octanol–water partition coefficient (Wildman–Crippen LogP) is 2.86. The summed E-state index contributed by atoms with van der Waals surface area (Å²) < 4.78 is 7.21. The molecule has 7 heteroatoms. The first-order valence-corrected chi connectivity index (χ1v) is 9.00. The van der Waals surface area contributed by atoms with Crippen molar-refractivity contribution in [2.24, 2.45) is 0 Å². The number of carboxylic acids is 1. The smallest absolute Gasteiger partial charge is 0.354 e. The van der Waals surface area contributed by atoms with E-state index >= 15 is 0 Å². The van der Waals surface area contributed by atoms with Crippen LogP contribution in [-0.2, 0) is 4.74 Å². The van der Waals surface area contributed by atoms with Gasteiger partial charge in [-0.2, -0.15) is 9.61 Å². The maximum Gasteiger partial charge on any atom is 0.354 e. The quantitative estimate of drug-likeness (QED) is 0.768. The third kappa shape index (κ3) is 2.94. The fourth-order valence-electron chi connectivity index (χ4n) is 3.74. The van der Waals surface area contributed by atoms with Crippen molar-refractivity contribution in [3.05, 3.63) is 46.8 Å². The number of morpholine rings is 1. The second kappa shape index (κ2) is 6.66. The Morgan fingerprint density at radius 1 is 1.11 bits per heavy atom. The van der Waals surface area contributed by atoms with E-state index in [0.29, 0.717) is 32.0 Å². The Morgan fingerprint density at radius 2 is 1.78 bits per heavy atom. The molecule has 0 unspecified atom stereocenters. The van der Waals surface area contributed by atoms with E-state index < -0.39 is 5.97 Å². The molecule has 1 aliphatic heterocycles. The maximum absolute atomic E-state index is 11.7. The van der Waals surface area contributed by atoms with Gasteiger partial charge in [0.05, 0.1) is 24.5 Å². The van der Waals surface area contributed by atoms with Crippen molar-refractivity contribution >= 4 is 17.4 Å². The molecule has 0 bridgehead atoms. The number of fused-ring (bicyclic) bond motifs is 1. The van der Waals surface area contributed by atoms with Gasteiger partial charge in [-0.25, -0.2) is 9.78 Å². The molecule has 0 atom stereocenters. The van der Waals surface area contributed by atoms with Crippen LogP contribution in [0.25, 0.3) is 16.8 Å². The van der Waals surface area contributed by atoms with Gasteiger partial charge >= 0.3 is 5.97 Å². The van der Waals surface area contributed by atoms with Crippen molar-refractivity contribution in [3.8, 4) is 11.1 Å². The molecule has 0 aliphatic carbocycles. The van der Waals surface area contributed by atoms with Crippen LogP contribution in [0.4, 0.5) is 5.82 Å². The molecule has 2 aromatic heterocycles. The minimum Gasteiger partial charge on any atom is -0.477 e. The molecule has 1 fully saturated rings. The van der Waals surface area contributed by atoms with Crippen LogP contribution in [0.5, 0.6) is 0 Å². The van der Waals surface area contributed by atoms with Gasteiger partial charge in [-0.3, -0.25) is 0 Å². The summed E-state index contributed by atoms with van der Waals surface area (Å²) in [5, 5.41) is 14.3. The number of anilines is 1. The summed E-state index contributed by atoms with van der Waals surface area (Å²) >= 11 is 0. The molecule has 140 valence electrons. The highest BCUT2D eigenvalue weighted by Crippen LogP contribution is 2.34. The highest BCUT2D eigenvalue weighted by atomic mass is 16.5. The summed E-state index contributed by atoms with van der Waals surface area (Å²) in [6, 6.07) is 7.72. The highest BCUT2D eigenvalue weighted by Gasteiger charge is 2.24. The summed E-state index contributed by atoms with van der Waals surface area (Å²) in [6.45, 7) is 8.64. The minimum absolute atomic E-state index is 0.0244. The van der Waals surface area contributed by atoms with E-state index in [9.17, 15) is 9.90 Å². The number of hydrogen-bond donors (Lipinski definition) is 1. The van der Waals surface area contributed by atoms with E-state index in [1.165, 1.54) is 0 Å². The fourth-order valence-corrected chi connectivity index (χ4v) is 3.74. The molecular weight excluding hydrogens is 344 g/mol. The second-order valence-corrected chi connectivity index (χ2v) is 6.87. The van der Waals surface area contributed by atoms with Gasteiger partial charge in [0.2, 0.25) is 0 Å². The van der Waals surface area contributed by atoms with Gasteiger partial charge < -0.3 is 14.7 Å². The van der Waals surface area contributed by atoms with E-state index in [1.807, 2.05) is 13.0 Å². The monoisotopic (exact) mass is 366 g/mol. The first-order chi connectivity index (χ1) is 13.0. The Balaban J connectivity index is 2.03. The Kier molecular flexibility index (Phi) is 4.31. The van der Waals surface area contributed by atoms with Gasteiger partial charge in [0.25, 0.3) is 0 Å². The zero-order valence-electron chi connectivity index (χ0n) is 15.7. The van der Waals surface area contributed by atoms with Crippen LogP contribution >= 0.6 is 0 Å². The molecule has 0 radical (unpaired) electrons. The van der Waals surface area contributed by atoms with E-state index in [1.54, 1.807) is 10.6 Å². The van der Waals surface area contributed by atoms with Crippen molar-refractivity contribution in [1.82, 2.24) is 14.6 Å². The summed E-state index contributed by atoms with van der Waals surface area (Å²) in [5.41, 5.74) is 5.61. The Bertz CT molecular complexity index is 1020. The molecular formula is C20H22N4O3. The Labute approximate surface area is 157 Å². The van der Waals surface area contributed by atoms with Crippen LogP contribution in [0.15, 0.2) is 24.3 Å². The van der Waals surface area contributed by atoms with Crippen LogP contribution < -0.4 is 4.90 Å². The highest BCUT2D eigenvalue weighted by molar-refractivity contribution is 5.90. The lowest BCUT2D eigenvalue weighted by Crippen LogP contribution is -2.37. The normalized spacial score (nSPS) is 14.7. The first kappa shape index (κ1) is 17.5. The topological polar surface area (TPSA) is 80.0 Å². The lowest BCUT2D eigenvalue weighted by Gasteiger charge is -2.29. The predicted molar refractivity (Wildman–Crippen MR) is 103 cm³/mol. The number of carboxylic acid groups (broad SMARTS) is 1. The van der Waals surface area contributed by atoms with Crippen molar-refractivity contribution in [1.29, 1.82) is 0 Å². The number of hydrogen-bond acceptors (Lipinski definition) is 5. The average molecular weight is 366 g/mol. The molecule has 1 saturated heterocycles. The summed E-state index contributed by atoms with van der Waals surface area (Å²) in [4.78, 5) is 18.3. The molecule has 1 aliphatic rings. The van der Waals surface area contributed by atoms with E-state index in [0.717, 1.165) is 33.8 Å². The van der Waals surface area contributed by atoms with Gasteiger partial charge in [0, 0.05) is 19.2 Å². The van der Waals surface area contributed by atoms with Crippen LogP contribution in [0.3, 0.4) is 0 Å². The zero-order chi connectivity index (χ0) is 19.1. The molecule has 3 aromatic rings. The zero-order valence-corrected chi connectivity index (χ0v) is 15.7. The second-order valence-electron chi connectivity index (χ2n) is 6.87. The third-order valence-corrected chi connectivity index (χ3v) is 5.03. The van der Waals surface area contributed by atoms with Gasteiger partial charge in [-0.05, 0) is 37.5 Å². The number of aromatic carboxylic acids is 1. The van der Waals surface area contributed by atoms with Gasteiger partial charge in [0.15, 0.2) is 11.3 Å². The summed E-state index contributed by atoms with van der Waals surface area (Å²) in [6.07, 6.45) is 0. The van der Waals surface area contributed by atoms with Crippen LogP contribution in [0.2, 0.25) is 0 Å². The molecule has 7 nitrogen and oxygen atoms in total. The van der Waals surface area contributed by atoms with Gasteiger partial charge in [-0.1, -0.05) is 18.2 Å². The SMILES string of the molecule is Cc1cccc(C)c1-c1c(C)nn2c(N3CCOCC3)cc(C(=O)O)nc12. The molecule has 0 spiro atoms. The number of rotatable bonds is 3. The number of carbonyl (C=O) groups is 1. The number of benzene rings is 1. The van der Waals surface area contributed by atoms with Gasteiger partial charge in [0.1, 0.15) is 5.82 Å². The molecule has 3 heterocycles. The van der Waals surface area contributed by atoms with E-state index in [-0.39, 0.29) is 5.69 Å². The Hall–Kier alpha value is -2.93. The van der Waals surface area contributed by atoms with E-state index in [4.69, 9.17) is 9.84 Å². The number of aromatic nitrogens is 3. The molecule has 0 saturated carbocycles. The minimum atomic E-state index is -1.04. The number of nitrogens with zero attached hydrogens (tertiary/aromatic N) is 4.